The van der Waals surface area contributed by atoms with Crippen molar-refractivity contribution in [2.45, 2.75) is 45.2 Å². The molecule has 0 saturated heterocycles. The van der Waals surface area contributed by atoms with Crippen LogP contribution in [0.4, 0.5) is 0 Å². The van der Waals surface area contributed by atoms with E-state index in [9.17, 15) is 0 Å². The predicted molar refractivity (Wildman–Crippen MR) is 103 cm³/mol. The van der Waals surface area contributed by atoms with Gasteiger partial charge in [0.15, 0.2) is 5.65 Å². The van der Waals surface area contributed by atoms with Gasteiger partial charge in [-0.1, -0.05) is 6.07 Å². The molecular weight excluding hydrogens is 344 g/mol. The zero-order chi connectivity index (χ0) is 18.1. The van der Waals surface area contributed by atoms with E-state index >= 15 is 0 Å². The topological polar surface area (TPSA) is 68.0 Å². The molecule has 0 fully saturated rings. The molecule has 132 valence electrons. The van der Waals surface area contributed by atoms with Crippen LogP contribution in [0.15, 0.2) is 30.7 Å². The van der Waals surface area contributed by atoms with Gasteiger partial charge < -0.3 is 5.32 Å². The summed E-state index contributed by atoms with van der Waals surface area (Å²) in [7, 11) is 0. The van der Waals surface area contributed by atoms with Gasteiger partial charge in [0.2, 0.25) is 5.82 Å². The van der Waals surface area contributed by atoms with Crippen LogP contribution in [-0.2, 0) is 12.0 Å². The zero-order valence-electron chi connectivity index (χ0n) is 15.2. The molecule has 1 aliphatic heterocycles. The Labute approximate surface area is 155 Å². The van der Waals surface area contributed by atoms with E-state index in [0.29, 0.717) is 5.82 Å². The lowest BCUT2D eigenvalue weighted by atomic mass is 9.82. The minimum absolute atomic E-state index is 0.0151. The Morgan fingerprint density at radius 1 is 1.15 bits per heavy atom. The van der Waals surface area contributed by atoms with Crippen LogP contribution in [0.3, 0.4) is 0 Å². The molecule has 1 aliphatic rings. The van der Waals surface area contributed by atoms with Crippen molar-refractivity contribution < 1.29 is 0 Å². The monoisotopic (exact) mass is 364 g/mol. The second kappa shape index (κ2) is 5.08. The number of hydrogen-bond donors (Lipinski definition) is 1. The second-order valence-corrected chi connectivity index (χ2v) is 9.06. The summed E-state index contributed by atoms with van der Waals surface area (Å²) in [5.41, 5.74) is 2.90. The first-order chi connectivity index (χ1) is 12.3. The summed E-state index contributed by atoms with van der Waals surface area (Å²) in [6.07, 6.45) is 4.46. The lowest BCUT2D eigenvalue weighted by Crippen LogP contribution is -2.54. The lowest BCUT2D eigenvalue weighted by Gasteiger charge is -2.42. The third-order valence-electron chi connectivity index (χ3n) is 4.86. The molecule has 6 nitrogen and oxygen atoms in total. The Bertz CT molecular complexity index is 1140. The molecule has 0 amide bonds. The Balaban J connectivity index is 1.81. The maximum atomic E-state index is 4.82. The quantitative estimate of drug-likeness (QED) is 0.559. The van der Waals surface area contributed by atoms with Crippen LogP contribution in [0.25, 0.3) is 27.4 Å². The van der Waals surface area contributed by atoms with Crippen LogP contribution in [-0.4, -0.2) is 30.1 Å². The van der Waals surface area contributed by atoms with Crippen LogP contribution < -0.4 is 5.32 Å². The lowest BCUT2D eigenvalue weighted by molar-refractivity contribution is 0.248. The van der Waals surface area contributed by atoms with Crippen molar-refractivity contribution in [1.29, 1.82) is 0 Å². The minimum Gasteiger partial charge on any atom is -0.302 e. The number of nitrogens with zero attached hydrogens (tertiary/aromatic N) is 5. The molecule has 4 aromatic rings. The predicted octanol–water partition coefficient (Wildman–Crippen LogP) is 3.56. The van der Waals surface area contributed by atoms with Gasteiger partial charge in [0.1, 0.15) is 16.9 Å². The van der Waals surface area contributed by atoms with E-state index in [1.807, 2.05) is 18.2 Å². The SMILES string of the molecule is CC1(C)Cc2c(sc3ncn4nc(-c5ccccn5)nc4c23)C(C)(C)N1. The van der Waals surface area contributed by atoms with Crippen LogP contribution in [0.1, 0.15) is 38.1 Å². The second-order valence-electron chi connectivity index (χ2n) is 8.06. The number of aromatic nitrogens is 5. The number of pyridine rings is 1. The first-order valence-corrected chi connectivity index (χ1v) is 9.54. The summed E-state index contributed by atoms with van der Waals surface area (Å²) in [5, 5.41) is 9.49. The largest absolute Gasteiger partial charge is 0.302 e. The molecule has 26 heavy (non-hydrogen) atoms. The third kappa shape index (κ3) is 2.27. The maximum absolute atomic E-state index is 4.82. The normalized spacial score (nSPS) is 18.3. The number of rotatable bonds is 1. The van der Waals surface area contributed by atoms with Gasteiger partial charge in [-0.25, -0.2) is 14.5 Å². The highest BCUT2D eigenvalue weighted by Crippen LogP contribution is 2.44. The molecule has 0 bridgehead atoms. The van der Waals surface area contributed by atoms with E-state index in [-0.39, 0.29) is 11.1 Å². The Hall–Kier alpha value is -2.38. The average molecular weight is 364 g/mol. The van der Waals surface area contributed by atoms with Gasteiger partial charge in [-0.2, -0.15) is 0 Å². The summed E-state index contributed by atoms with van der Waals surface area (Å²) >= 11 is 1.76. The van der Waals surface area contributed by atoms with Crippen molar-refractivity contribution in [3.05, 3.63) is 41.2 Å². The molecule has 0 aromatic carbocycles. The van der Waals surface area contributed by atoms with Crippen molar-refractivity contribution in [3.8, 4) is 11.5 Å². The Kier molecular flexibility index (Phi) is 3.10. The third-order valence-corrected chi connectivity index (χ3v) is 6.32. The van der Waals surface area contributed by atoms with Crippen molar-refractivity contribution in [1.82, 2.24) is 29.9 Å². The number of thiophene rings is 1. The Morgan fingerprint density at radius 2 is 2.00 bits per heavy atom. The van der Waals surface area contributed by atoms with E-state index < -0.39 is 0 Å². The van der Waals surface area contributed by atoms with Crippen LogP contribution >= 0.6 is 11.3 Å². The average Bonchev–Trinajstić information content (AvgIpc) is 3.15. The smallest absolute Gasteiger partial charge is 0.200 e. The highest BCUT2D eigenvalue weighted by Gasteiger charge is 2.39. The molecule has 0 aliphatic carbocycles. The molecule has 0 radical (unpaired) electrons. The summed E-state index contributed by atoms with van der Waals surface area (Å²) in [4.78, 5) is 16.2. The summed E-state index contributed by atoms with van der Waals surface area (Å²) < 4.78 is 1.78. The van der Waals surface area contributed by atoms with Gasteiger partial charge >= 0.3 is 0 Å². The molecule has 0 saturated carbocycles. The van der Waals surface area contributed by atoms with Crippen molar-refractivity contribution >= 4 is 27.2 Å². The number of fused-ring (bicyclic) bond motifs is 5. The van der Waals surface area contributed by atoms with E-state index in [2.05, 4.69) is 48.1 Å². The van der Waals surface area contributed by atoms with Gasteiger partial charge in [-0.3, -0.25) is 4.98 Å². The van der Waals surface area contributed by atoms with Crippen LogP contribution in [0, 0.1) is 0 Å². The highest BCUT2D eigenvalue weighted by molar-refractivity contribution is 7.19. The molecular formula is C19H20N6S. The zero-order valence-corrected chi connectivity index (χ0v) is 16.1. The van der Waals surface area contributed by atoms with Crippen LogP contribution in [0.2, 0.25) is 0 Å². The fourth-order valence-corrected chi connectivity index (χ4v) is 5.33. The minimum atomic E-state index is -0.0940. The van der Waals surface area contributed by atoms with Gasteiger partial charge in [0, 0.05) is 22.2 Å². The van der Waals surface area contributed by atoms with E-state index in [1.165, 1.54) is 10.4 Å². The highest BCUT2D eigenvalue weighted by atomic mass is 32.1. The molecule has 5 rings (SSSR count). The van der Waals surface area contributed by atoms with Crippen molar-refractivity contribution in [2.75, 3.05) is 0 Å². The molecule has 5 heterocycles. The fourth-order valence-electron chi connectivity index (χ4n) is 4.12. The van der Waals surface area contributed by atoms with Crippen LogP contribution in [0.5, 0.6) is 0 Å². The van der Waals surface area contributed by atoms with E-state index in [0.717, 1.165) is 28.0 Å². The summed E-state index contributed by atoms with van der Waals surface area (Å²) in [6.45, 7) is 8.97. The molecule has 0 unspecified atom stereocenters. The van der Waals surface area contributed by atoms with Gasteiger partial charge in [-0.05, 0) is 51.8 Å². The first kappa shape index (κ1) is 15.8. The fraction of sp³-hybridized carbons (Fsp3) is 0.368. The van der Waals surface area contributed by atoms with Gasteiger partial charge in [0.25, 0.3) is 0 Å². The van der Waals surface area contributed by atoms with Crippen molar-refractivity contribution in [2.24, 2.45) is 0 Å². The number of hydrogen-bond acceptors (Lipinski definition) is 6. The summed E-state index contributed by atoms with van der Waals surface area (Å²) in [5.74, 6) is 0.632. The van der Waals surface area contributed by atoms with E-state index in [4.69, 9.17) is 4.98 Å². The van der Waals surface area contributed by atoms with Gasteiger partial charge in [0.05, 0.1) is 5.39 Å². The van der Waals surface area contributed by atoms with Gasteiger partial charge in [-0.15, -0.1) is 16.4 Å². The molecule has 0 spiro atoms. The van der Waals surface area contributed by atoms with E-state index in [1.54, 1.807) is 28.4 Å². The Morgan fingerprint density at radius 3 is 2.77 bits per heavy atom. The standard InChI is InChI=1S/C19H20N6S/c1-18(2)9-11-13-16-22-15(12-7-5-6-8-20-12)23-25(16)10-21-17(13)26-14(11)19(3,4)24-18/h5-8,10,24H,9H2,1-4H3. The maximum Gasteiger partial charge on any atom is 0.200 e. The molecule has 1 N–H and O–H groups in total. The first-order valence-electron chi connectivity index (χ1n) is 8.72. The van der Waals surface area contributed by atoms with Crippen molar-refractivity contribution in [3.63, 3.8) is 0 Å². The number of nitrogens with one attached hydrogen (secondary N) is 1. The molecule has 7 heteroatoms. The molecule has 0 atom stereocenters. The summed E-state index contributed by atoms with van der Waals surface area (Å²) in [6, 6.07) is 5.77. The molecule has 4 aromatic heterocycles.